The average Bonchev–Trinajstić information content (AvgIpc) is 1.81. The van der Waals surface area contributed by atoms with Gasteiger partial charge in [-0.1, -0.05) is 0 Å². The van der Waals surface area contributed by atoms with Crippen LogP contribution >= 0.6 is 9.24 Å². The van der Waals surface area contributed by atoms with Crippen LogP contribution in [-0.4, -0.2) is 23.7 Å². The molecule has 0 heterocycles. The van der Waals surface area contributed by atoms with Gasteiger partial charge in [0.05, 0.1) is 0 Å². The van der Waals surface area contributed by atoms with Crippen LogP contribution in [0.3, 0.4) is 0 Å². The number of rotatable bonds is 2. The van der Waals surface area contributed by atoms with Crippen LogP contribution < -0.4 is 0 Å². The van der Waals surface area contributed by atoms with Gasteiger partial charge in [0.2, 0.25) is 0 Å². The fraction of sp³-hybridized carbons (Fsp3) is 1.00. The van der Waals surface area contributed by atoms with E-state index in [1.807, 2.05) is 0 Å². The lowest BCUT2D eigenvalue weighted by atomic mass is 10.1. The van der Waals surface area contributed by atoms with Crippen LogP contribution in [0.25, 0.3) is 0 Å². The minimum atomic E-state index is -6.84. The van der Waals surface area contributed by atoms with Crippen LogP contribution in [0.4, 0.5) is 39.5 Å². The minimum Gasteiger partial charge on any atom is -0.194 e. The van der Waals surface area contributed by atoms with E-state index in [4.69, 9.17) is 0 Å². The molecule has 84 valence electrons. The fourth-order valence-corrected chi connectivity index (χ4v) is 0.507. The summed E-state index contributed by atoms with van der Waals surface area (Å²) in [5, 5.41) is 0. The molecule has 0 saturated carbocycles. The van der Waals surface area contributed by atoms with Gasteiger partial charge in [-0.2, -0.15) is 39.5 Å². The van der Waals surface area contributed by atoms with Crippen molar-refractivity contribution in [2.75, 3.05) is 0 Å². The van der Waals surface area contributed by atoms with Crippen molar-refractivity contribution in [3.05, 3.63) is 0 Å². The molecule has 0 unspecified atom stereocenters. The Balaban J connectivity index is 5.30. The molecule has 0 aromatic carbocycles. The van der Waals surface area contributed by atoms with Gasteiger partial charge in [-0.05, 0) is 0 Å². The SMILES string of the molecule is FC(F)(F)C(F)(F)C(F)(F)C(F)(F)[P]. The highest BCUT2D eigenvalue weighted by molar-refractivity contribution is 7.18. The van der Waals surface area contributed by atoms with Crippen LogP contribution in [0.2, 0.25) is 0 Å². The first-order valence-electron chi connectivity index (χ1n) is 2.67. The minimum absolute atomic E-state index is 1.70. The van der Waals surface area contributed by atoms with E-state index in [2.05, 4.69) is 0 Å². The van der Waals surface area contributed by atoms with E-state index in [0.717, 1.165) is 0 Å². The molecule has 0 atom stereocenters. The molecule has 0 aromatic rings. The molecule has 0 rings (SSSR count). The predicted octanol–water partition coefficient (Wildman–Crippen LogP) is 3.82. The van der Waals surface area contributed by atoms with E-state index in [0.29, 0.717) is 0 Å². The Kier molecular flexibility index (Phi) is 3.10. The van der Waals surface area contributed by atoms with Crippen molar-refractivity contribution < 1.29 is 39.5 Å². The first-order chi connectivity index (χ1) is 5.75. The highest BCUT2D eigenvalue weighted by atomic mass is 31.0. The lowest BCUT2D eigenvalue weighted by molar-refractivity contribution is -0.381. The summed E-state index contributed by atoms with van der Waals surface area (Å²) in [6, 6.07) is 0. The van der Waals surface area contributed by atoms with E-state index in [-0.39, 0.29) is 0 Å². The maximum atomic E-state index is 11.9. The summed E-state index contributed by atoms with van der Waals surface area (Å²) in [6.07, 6.45) is -6.78. The van der Waals surface area contributed by atoms with Crippen LogP contribution in [0.1, 0.15) is 0 Å². The molecular formula is C4F9P. The van der Waals surface area contributed by atoms with Crippen LogP contribution in [0.5, 0.6) is 0 Å². The van der Waals surface area contributed by atoms with Crippen molar-refractivity contribution in [3.8, 4) is 0 Å². The summed E-state index contributed by atoms with van der Waals surface area (Å²) < 4.78 is 105. The van der Waals surface area contributed by atoms with Gasteiger partial charge in [0.15, 0.2) is 0 Å². The Labute approximate surface area is 73.7 Å². The Morgan fingerprint density at radius 2 is 0.857 bits per heavy atom. The zero-order chi connectivity index (χ0) is 12.0. The third kappa shape index (κ3) is 1.92. The third-order valence-corrected chi connectivity index (χ3v) is 1.41. The van der Waals surface area contributed by atoms with E-state index in [9.17, 15) is 39.5 Å². The summed E-state index contributed by atoms with van der Waals surface area (Å²) in [4.78, 5) is 0. The van der Waals surface area contributed by atoms with Gasteiger partial charge < -0.3 is 0 Å². The number of hydrogen-bond donors (Lipinski definition) is 0. The Morgan fingerprint density at radius 1 is 0.571 bits per heavy atom. The van der Waals surface area contributed by atoms with E-state index >= 15 is 0 Å². The van der Waals surface area contributed by atoms with Gasteiger partial charge in [-0.3, -0.25) is 0 Å². The van der Waals surface area contributed by atoms with Crippen molar-refractivity contribution in [2.45, 2.75) is 23.7 Å². The smallest absolute Gasteiger partial charge is 0.194 e. The third-order valence-electron chi connectivity index (χ3n) is 1.13. The molecule has 10 heteroatoms. The van der Waals surface area contributed by atoms with Gasteiger partial charge in [0, 0.05) is 9.24 Å². The second-order valence-corrected chi connectivity index (χ2v) is 2.75. The summed E-state index contributed by atoms with van der Waals surface area (Å²) in [6.45, 7) is 0. The van der Waals surface area contributed by atoms with Crippen LogP contribution in [-0.2, 0) is 0 Å². The average molecular weight is 250 g/mol. The van der Waals surface area contributed by atoms with Crippen molar-refractivity contribution in [1.29, 1.82) is 0 Å². The van der Waals surface area contributed by atoms with Gasteiger partial charge >= 0.3 is 23.7 Å². The largest absolute Gasteiger partial charge is 0.460 e. The molecule has 0 aromatic heterocycles. The lowest BCUT2D eigenvalue weighted by Crippen LogP contribution is -2.58. The number of alkyl halides is 9. The molecule has 0 saturated heterocycles. The summed E-state index contributed by atoms with van der Waals surface area (Å²) in [5.74, 6) is -13.5. The quantitative estimate of drug-likeness (QED) is 0.516. The van der Waals surface area contributed by atoms with E-state index < -0.39 is 23.7 Å². The molecule has 0 aliphatic heterocycles. The second-order valence-electron chi connectivity index (χ2n) is 2.19. The lowest BCUT2D eigenvalue weighted by Gasteiger charge is -2.30. The second kappa shape index (κ2) is 3.15. The van der Waals surface area contributed by atoms with Crippen molar-refractivity contribution in [3.63, 3.8) is 0 Å². The maximum Gasteiger partial charge on any atom is 0.460 e. The summed E-state index contributed by atoms with van der Waals surface area (Å²) in [5.41, 5.74) is -5.77. The maximum absolute atomic E-state index is 11.9. The first kappa shape index (κ1) is 13.8. The van der Waals surface area contributed by atoms with Gasteiger partial charge in [-0.25, -0.2) is 0 Å². The van der Waals surface area contributed by atoms with E-state index in [1.54, 1.807) is 9.24 Å². The Bertz CT molecular complexity index is 186. The molecule has 0 N–H and O–H groups in total. The molecule has 0 nitrogen and oxygen atoms in total. The molecule has 0 aliphatic rings. The molecule has 0 fully saturated rings. The Hall–Kier alpha value is -0.200. The molecular weight excluding hydrogens is 250 g/mol. The molecule has 0 spiro atoms. The first-order valence-corrected chi connectivity index (χ1v) is 3.12. The molecule has 0 amide bonds. The van der Waals surface area contributed by atoms with Gasteiger partial charge in [0.1, 0.15) is 0 Å². The summed E-state index contributed by atoms with van der Waals surface area (Å²) in [7, 11) is 1.70. The van der Waals surface area contributed by atoms with Crippen LogP contribution in [0, 0.1) is 0 Å². The summed E-state index contributed by atoms with van der Waals surface area (Å²) >= 11 is 0. The standard InChI is InChI=1S/C4F9P/c5-1(6,3(9,10)11)2(7,8)4(12,13)14. The molecule has 0 aliphatic carbocycles. The molecule has 0 bridgehead atoms. The van der Waals surface area contributed by atoms with E-state index in [1.165, 1.54) is 0 Å². The van der Waals surface area contributed by atoms with Crippen molar-refractivity contribution >= 4 is 9.24 Å². The molecule has 14 heavy (non-hydrogen) atoms. The topological polar surface area (TPSA) is 0 Å². The highest BCUT2D eigenvalue weighted by Gasteiger charge is 2.80. The normalized spacial score (nSPS) is 15.9. The zero-order valence-electron chi connectivity index (χ0n) is 5.85. The zero-order valence-corrected chi connectivity index (χ0v) is 6.74. The van der Waals surface area contributed by atoms with Gasteiger partial charge in [-0.15, -0.1) is 0 Å². The Morgan fingerprint density at radius 3 is 0.929 bits per heavy atom. The fourth-order valence-electron chi connectivity index (χ4n) is 0.367. The monoisotopic (exact) mass is 250 g/mol. The highest BCUT2D eigenvalue weighted by Crippen LogP contribution is 2.54. The van der Waals surface area contributed by atoms with Crippen molar-refractivity contribution in [2.24, 2.45) is 0 Å². The van der Waals surface area contributed by atoms with Crippen molar-refractivity contribution in [1.82, 2.24) is 0 Å². The number of hydrogen-bond acceptors (Lipinski definition) is 0. The predicted molar refractivity (Wildman–Crippen MR) is 27.8 cm³/mol. The van der Waals surface area contributed by atoms with Crippen LogP contribution in [0.15, 0.2) is 0 Å². The van der Waals surface area contributed by atoms with Gasteiger partial charge in [0.25, 0.3) is 0 Å². The molecule has 2 radical (unpaired) electrons. The number of halogens is 9.